The number of fused-ring (bicyclic) bond motifs is 2. The van der Waals surface area contributed by atoms with Crippen molar-refractivity contribution in [2.75, 3.05) is 24.7 Å². The first kappa shape index (κ1) is 26.6. The Morgan fingerprint density at radius 2 is 1.72 bits per heavy atom. The zero-order valence-electron chi connectivity index (χ0n) is 21.4. The van der Waals surface area contributed by atoms with Crippen molar-refractivity contribution >= 4 is 52.0 Å². The molecule has 0 saturated heterocycles. The van der Waals surface area contributed by atoms with E-state index in [1.807, 2.05) is 0 Å². The maximum absolute atomic E-state index is 14.1. The molecule has 0 spiro atoms. The van der Waals surface area contributed by atoms with Crippen LogP contribution in [0.15, 0.2) is 69.6 Å². The van der Waals surface area contributed by atoms with Gasteiger partial charge in [0.15, 0.2) is 4.80 Å². The van der Waals surface area contributed by atoms with E-state index in [2.05, 4.69) is 4.99 Å². The number of carbonyl (C=O) groups excluding carboxylic acids is 3. The minimum absolute atomic E-state index is 0.152. The summed E-state index contributed by atoms with van der Waals surface area (Å²) in [5, 5.41) is 0.501. The van der Waals surface area contributed by atoms with Gasteiger partial charge in [0.2, 0.25) is 0 Å². The zero-order chi connectivity index (χ0) is 27.8. The maximum Gasteiger partial charge on any atom is 0.338 e. The molecule has 0 N–H and O–H groups in total. The van der Waals surface area contributed by atoms with Crippen LogP contribution in [0, 0.1) is 0 Å². The van der Waals surface area contributed by atoms with Gasteiger partial charge in [0.25, 0.3) is 11.5 Å². The number of halogens is 1. The lowest BCUT2D eigenvalue weighted by Gasteiger charge is -2.24. The predicted octanol–water partition coefficient (Wildman–Crippen LogP) is 2.73. The van der Waals surface area contributed by atoms with Crippen molar-refractivity contribution in [2.24, 2.45) is 4.99 Å². The second-order valence-electron chi connectivity index (χ2n) is 8.76. The van der Waals surface area contributed by atoms with Gasteiger partial charge in [0, 0.05) is 10.6 Å². The number of anilines is 1. The summed E-state index contributed by atoms with van der Waals surface area (Å²) < 4.78 is 12.0. The molecule has 200 valence electrons. The number of carbonyl (C=O) groups is 3. The fourth-order valence-electron chi connectivity index (χ4n) is 4.79. The van der Waals surface area contributed by atoms with Crippen LogP contribution in [-0.4, -0.2) is 42.2 Å². The molecule has 3 aromatic rings. The third-order valence-electron chi connectivity index (χ3n) is 6.42. The largest absolute Gasteiger partial charge is 0.465 e. The average molecular weight is 566 g/mol. The molecule has 39 heavy (non-hydrogen) atoms. The quantitative estimate of drug-likeness (QED) is 0.425. The van der Waals surface area contributed by atoms with E-state index in [0.29, 0.717) is 32.3 Å². The summed E-state index contributed by atoms with van der Waals surface area (Å²) >= 11 is 7.18. The molecule has 0 aliphatic carbocycles. The van der Waals surface area contributed by atoms with Crippen molar-refractivity contribution < 1.29 is 23.9 Å². The van der Waals surface area contributed by atoms with Crippen LogP contribution in [0.1, 0.15) is 37.9 Å². The summed E-state index contributed by atoms with van der Waals surface area (Å²) in [6.45, 7) is 5.12. The highest BCUT2D eigenvalue weighted by atomic mass is 35.5. The number of hydrogen-bond donors (Lipinski definition) is 0. The molecule has 1 amide bonds. The van der Waals surface area contributed by atoms with Gasteiger partial charge in [-0.25, -0.2) is 9.79 Å². The summed E-state index contributed by atoms with van der Waals surface area (Å²) in [5.74, 6) is -1.63. The van der Waals surface area contributed by atoms with E-state index < -0.39 is 29.4 Å². The molecule has 1 aromatic heterocycles. The predicted molar refractivity (Wildman–Crippen MR) is 146 cm³/mol. The Morgan fingerprint density at radius 3 is 2.41 bits per heavy atom. The molecule has 0 radical (unpaired) electrons. The van der Waals surface area contributed by atoms with E-state index >= 15 is 0 Å². The number of aromatic nitrogens is 1. The van der Waals surface area contributed by atoms with Crippen molar-refractivity contribution in [3.63, 3.8) is 0 Å². The van der Waals surface area contributed by atoms with Crippen LogP contribution in [0.25, 0.3) is 5.57 Å². The minimum atomic E-state index is -0.839. The average Bonchev–Trinajstić information content (AvgIpc) is 3.36. The maximum atomic E-state index is 14.1. The Balaban J connectivity index is 1.75. The third-order valence-corrected chi connectivity index (χ3v) is 7.73. The van der Waals surface area contributed by atoms with Crippen molar-refractivity contribution in [1.29, 1.82) is 0 Å². The van der Waals surface area contributed by atoms with Crippen LogP contribution in [-0.2, 0) is 23.9 Å². The van der Waals surface area contributed by atoms with Crippen molar-refractivity contribution in [3.05, 3.63) is 95.6 Å². The lowest BCUT2D eigenvalue weighted by molar-refractivity contribution is -0.142. The second-order valence-corrected chi connectivity index (χ2v) is 10.2. The van der Waals surface area contributed by atoms with E-state index in [1.54, 1.807) is 69.3 Å². The molecule has 0 saturated carbocycles. The Bertz CT molecular complexity index is 1720. The Morgan fingerprint density at radius 1 is 1.03 bits per heavy atom. The van der Waals surface area contributed by atoms with Crippen LogP contribution >= 0.6 is 22.9 Å². The monoisotopic (exact) mass is 565 g/mol. The van der Waals surface area contributed by atoms with Crippen LogP contribution < -0.4 is 19.8 Å². The Kier molecular flexibility index (Phi) is 7.24. The second kappa shape index (κ2) is 10.6. The summed E-state index contributed by atoms with van der Waals surface area (Å²) in [4.78, 5) is 59.4. The molecule has 0 fully saturated rings. The fraction of sp³-hybridized carbons (Fsp3) is 0.250. The smallest absolute Gasteiger partial charge is 0.338 e. The van der Waals surface area contributed by atoms with Gasteiger partial charge in [-0.2, -0.15) is 0 Å². The number of para-hydroxylation sites is 1. The van der Waals surface area contributed by atoms with E-state index in [1.165, 1.54) is 9.47 Å². The van der Waals surface area contributed by atoms with Gasteiger partial charge in [0.05, 0.1) is 41.8 Å². The SMILES string of the molecule is CCOC(=O)CN1C(=O)/C(=c2/sc3n(c2=O)[C@H](c2ccc(Cl)cc2)C(C(=O)OCC)=C(C)N=3)c2ccccc21. The number of ether oxygens (including phenoxy) is 2. The van der Waals surface area contributed by atoms with Crippen molar-refractivity contribution in [1.82, 2.24) is 4.57 Å². The number of hydrogen-bond acceptors (Lipinski definition) is 8. The van der Waals surface area contributed by atoms with Crippen molar-refractivity contribution in [3.8, 4) is 0 Å². The number of allylic oxidation sites excluding steroid dienone is 1. The van der Waals surface area contributed by atoms with Crippen LogP contribution in [0.5, 0.6) is 0 Å². The summed E-state index contributed by atoms with van der Waals surface area (Å²) in [6, 6.07) is 13.0. The number of benzene rings is 2. The highest BCUT2D eigenvalue weighted by Gasteiger charge is 2.38. The van der Waals surface area contributed by atoms with Gasteiger partial charge in [-0.3, -0.25) is 23.9 Å². The van der Waals surface area contributed by atoms with Gasteiger partial charge in [0.1, 0.15) is 11.1 Å². The normalized spacial score (nSPS) is 17.5. The van der Waals surface area contributed by atoms with E-state index in [4.69, 9.17) is 21.1 Å². The minimum Gasteiger partial charge on any atom is -0.465 e. The number of amides is 1. The number of thiazole rings is 1. The van der Waals surface area contributed by atoms with E-state index in [-0.39, 0.29) is 35.4 Å². The Hall–Kier alpha value is -4.02. The highest BCUT2D eigenvalue weighted by molar-refractivity contribution is 7.07. The lowest BCUT2D eigenvalue weighted by atomic mass is 9.96. The van der Waals surface area contributed by atoms with Crippen LogP contribution in [0.2, 0.25) is 5.02 Å². The first-order chi connectivity index (χ1) is 18.8. The first-order valence-electron chi connectivity index (χ1n) is 12.3. The molecule has 11 heteroatoms. The van der Waals surface area contributed by atoms with Gasteiger partial charge in [-0.1, -0.05) is 53.3 Å². The first-order valence-corrected chi connectivity index (χ1v) is 13.5. The van der Waals surface area contributed by atoms with Crippen LogP contribution in [0.3, 0.4) is 0 Å². The molecule has 2 aromatic carbocycles. The fourth-order valence-corrected chi connectivity index (χ4v) is 6.06. The van der Waals surface area contributed by atoms with Gasteiger partial charge >= 0.3 is 11.9 Å². The lowest BCUT2D eigenvalue weighted by Crippen LogP contribution is -2.41. The molecule has 2 aliphatic rings. The number of rotatable bonds is 6. The van der Waals surface area contributed by atoms with Gasteiger partial charge in [-0.05, 0) is 44.5 Å². The molecule has 0 unspecified atom stereocenters. The number of esters is 2. The standard InChI is InChI=1S/C28H24ClN3O6S/c1-4-37-20(33)14-31-19-9-7-6-8-18(19)22(25(31)34)24-26(35)32-23(16-10-12-17(29)13-11-16)21(27(36)38-5-2)15(3)30-28(32)39-24/h6-13,23H,4-5,14H2,1-3H3/b24-22+/t23-/m1/s1. The molecule has 1 atom stereocenters. The van der Waals surface area contributed by atoms with Gasteiger partial charge in [-0.15, -0.1) is 0 Å². The van der Waals surface area contributed by atoms with E-state index in [0.717, 1.165) is 11.3 Å². The topological polar surface area (TPSA) is 107 Å². The molecule has 5 rings (SSSR count). The molecule has 2 aliphatic heterocycles. The highest BCUT2D eigenvalue weighted by Crippen LogP contribution is 2.35. The summed E-state index contributed by atoms with van der Waals surface area (Å²) in [6.07, 6.45) is 0. The summed E-state index contributed by atoms with van der Waals surface area (Å²) in [7, 11) is 0. The molecular formula is C28H24ClN3O6S. The molecule has 0 bridgehead atoms. The summed E-state index contributed by atoms with van der Waals surface area (Å²) in [5.41, 5.74) is 2.00. The van der Waals surface area contributed by atoms with E-state index in [9.17, 15) is 19.2 Å². The zero-order valence-corrected chi connectivity index (χ0v) is 23.0. The molecule has 9 nitrogen and oxygen atoms in total. The van der Waals surface area contributed by atoms with Crippen molar-refractivity contribution in [2.45, 2.75) is 26.8 Å². The molecule has 3 heterocycles. The van der Waals surface area contributed by atoms with Gasteiger partial charge < -0.3 is 9.47 Å². The molecular weight excluding hydrogens is 542 g/mol. The number of nitrogens with zero attached hydrogens (tertiary/aromatic N) is 3. The third kappa shape index (κ3) is 4.59. The Labute approximate surface area is 232 Å². The van der Waals surface area contributed by atoms with Crippen LogP contribution in [0.4, 0.5) is 5.69 Å².